The smallest absolute Gasteiger partial charge is 0.254 e. The number of carbonyl (C=O) groups is 2. The van der Waals surface area contributed by atoms with E-state index in [1.54, 1.807) is 10.9 Å². The van der Waals surface area contributed by atoms with Crippen molar-refractivity contribution in [3.8, 4) is 5.69 Å². The van der Waals surface area contributed by atoms with Crippen LogP contribution in [0.15, 0.2) is 48.9 Å². The number of anilines is 3. The molecule has 0 unspecified atom stereocenters. The van der Waals surface area contributed by atoms with Crippen LogP contribution in [-0.4, -0.2) is 37.6 Å². The molecule has 1 atom stereocenters. The van der Waals surface area contributed by atoms with Crippen LogP contribution in [-0.2, 0) is 4.79 Å². The number of rotatable bonds is 9. The van der Waals surface area contributed by atoms with Crippen LogP contribution in [0, 0.1) is 5.92 Å². The van der Waals surface area contributed by atoms with Gasteiger partial charge in [-0.05, 0) is 42.7 Å². The number of nitrogens with zero attached hydrogens (tertiary/aromatic N) is 4. The first-order valence-corrected chi connectivity index (χ1v) is 9.43. The summed E-state index contributed by atoms with van der Waals surface area (Å²) in [4.78, 5) is 32.0. The first kappa shape index (κ1) is 20.8. The minimum Gasteiger partial charge on any atom is -0.368 e. The molecule has 30 heavy (non-hydrogen) atoms. The Balaban J connectivity index is 1.84. The Labute approximate surface area is 173 Å². The van der Waals surface area contributed by atoms with E-state index in [9.17, 15) is 9.59 Å². The molecule has 10 heteroatoms. The van der Waals surface area contributed by atoms with Crippen molar-refractivity contribution in [2.24, 2.45) is 17.4 Å². The standard InChI is InChI=1S/C20H24N8O2/c1-12(2)10-16(18(22)30)26-20-23-11-15(17(21)29)19(27-20)25-13-4-6-14(7-5-13)28-9-3-8-24-28/h3-9,11-12,16H,10H2,1-2H3,(H2,21,29)(H2,22,30)(H2,23,25,26,27)/t16-/m1/s1. The second-order valence-corrected chi connectivity index (χ2v) is 7.17. The second kappa shape index (κ2) is 9.03. The molecule has 0 aliphatic heterocycles. The zero-order chi connectivity index (χ0) is 21.7. The van der Waals surface area contributed by atoms with E-state index in [1.165, 1.54) is 6.20 Å². The largest absolute Gasteiger partial charge is 0.368 e. The minimum atomic E-state index is -0.675. The van der Waals surface area contributed by atoms with Crippen molar-refractivity contribution >= 4 is 29.3 Å². The summed E-state index contributed by atoms with van der Waals surface area (Å²) in [5.74, 6) is -0.550. The number of amides is 2. The highest BCUT2D eigenvalue weighted by Crippen LogP contribution is 2.21. The quantitative estimate of drug-likeness (QED) is 0.421. The molecule has 3 aromatic rings. The summed E-state index contributed by atoms with van der Waals surface area (Å²) in [7, 11) is 0. The molecule has 1 aromatic carbocycles. The van der Waals surface area contributed by atoms with Crippen LogP contribution in [0.3, 0.4) is 0 Å². The second-order valence-electron chi connectivity index (χ2n) is 7.17. The topological polar surface area (TPSA) is 154 Å². The van der Waals surface area contributed by atoms with Crippen molar-refractivity contribution < 1.29 is 9.59 Å². The average Bonchev–Trinajstić information content (AvgIpc) is 3.22. The van der Waals surface area contributed by atoms with Gasteiger partial charge >= 0.3 is 0 Å². The van der Waals surface area contributed by atoms with Gasteiger partial charge in [-0.25, -0.2) is 9.67 Å². The van der Waals surface area contributed by atoms with Crippen LogP contribution in [0.1, 0.15) is 30.6 Å². The Morgan fingerprint density at radius 2 is 1.90 bits per heavy atom. The van der Waals surface area contributed by atoms with Gasteiger partial charge in [0, 0.05) is 24.3 Å². The molecule has 0 saturated heterocycles. The van der Waals surface area contributed by atoms with Crippen LogP contribution < -0.4 is 22.1 Å². The molecule has 2 aromatic heterocycles. The Hall–Kier alpha value is -3.95. The molecule has 156 valence electrons. The minimum absolute atomic E-state index is 0.121. The monoisotopic (exact) mass is 408 g/mol. The van der Waals surface area contributed by atoms with Crippen molar-refractivity contribution in [2.45, 2.75) is 26.3 Å². The molecule has 0 bridgehead atoms. The Morgan fingerprint density at radius 1 is 1.17 bits per heavy atom. The molecular weight excluding hydrogens is 384 g/mol. The third kappa shape index (κ3) is 5.10. The van der Waals surface area contributed by atoms with Crippen molar-refractivity contribution in [3.05, 3.63) is 54.5 Å². The number of nitrogens with two attached hydrogens (primary N) is 2. The lowest BCUT2D eigenvalue weighted by atomic mass is 10.0. The predicted molar refractivity (Wildman–Crippen MR) is 113 cm³/mol. The Kier molecular flexibility index (Phi) is 6.26. The van der Waals surface area contributed by atoms with Crippen LogP contribution in [0.2, 0.25) is 0 Å². The summed E-state index contributed by atoms with van der Waals surface area (Å²) in [5.41, 5.74) is 12.6. The molecule has 0 radical (unpaired) electrons. The Morgan fingerprint density at radius 3 is 2.47 bits per heavy atom. The van der Waals surface area contributed by atoms with E-state index in [1.807, 2.05) is 50.4 Å². The Bertz CT molecular complexity index is 1020. The number of carbonyl (C=O) groups excluding carboxylic acids is 2. The summed E-state index contributed by atoms with van der Waals surface area (Å²) in [6.45, 7) is 3.96. The SMILES string of the molecule is CC(C)C[C@@H](Nc1ncc(C(N)=O)c(Nc2ccc(-n3cccn3)cc2)n1)C(N)=O. The van der Waals surface area contributed by atoms with Crippen LogP contribution in [0.25, 0.3) is 5.69 Å². The number of primary amides is 2. The van der Waals surface area contributed by atoms with E-state index in [4.69, 9.17) is 11.5 Å². The first-order valence-electron chi connectivity index (χ1n) is 9.43. The first-order chi connectivity index (χ1) is 14.3. The van der Waals surface area contributed by atoms with Gasteiger partial charge in [-0.3, -0.25) is 9.59 Å². The van der Waals surface area contributed by atoms with Crippen molar-refractivity contribution in [1.82, 2.24) is 19.7 Å². The lowest BCUT2D eigenvalue weighted by molar-refractivity contribution is -0.119. The van der Waals surface area contributed by atoms with Gasteiger partial charge in [0.05, 0.1) is 5.69 Å². The maximum Gasteiger partial charge on any atom is 0.254 e. The predicted octanol–water partition coefficient (Wildman–Crippen LogP) is 1.82. The zero-order valence-corrected chi connectivity index (χ0v) is 16.7. The van der Waals surface area contributed by atoms with Gasteiger partial charge in [-0.15, -0.1) is 0 Å². The van der Waals surface area contributed by atoms with Gasteiger partial charge in [0.15, 0.2) is 0 Å². The molecule has 0 saturated carbocycles. The van der Waals surface area contributed by atoms with Crippen molar-refractivity contribution in [2.75, 3.05) is 10.6 Å². The van der Waals surface area contributed by atoms with Gasteiger partial charge in [0.2, 0.25) is 11.9 Å². The normalized spacial score (nSPS) is 11.8. The lowest BCUT2D eigenvalue weighted by Gasteiger charge is -2.18. The average molecular weight is 408 g/mol. The van der Waals surface area contributed by atoms with E-state index < -0.39 is 17.9 Å². The molecule has 10 nitrogen and oxygen atoms in total. The summed E-state index contributed by atoms with van der Waals surface area (Å²) in [5, 5.41) is 10.2. The van der Waals surface area contributed by atoms with E-state index in [0.717, 1.165) is 5.69 Å². The molecule has 0 aliphatic carbocycles. The van der Waals surface area contributed by atoms with E-state index in [-0.39, 0.29) is 23.2 Å². The number of aromatic nitrogens is 4. The summed E-state index contributed by atoms with van der Waals surface area (Å²) >= 11 is 0. The fourth-order valence-corrected chi connectivity index (χ4v) is 2.86. The molecule has 2 amide bonds. The third-order valence-electron chi connectivity index (χ3n) is 4.31. The van der Waals surface area contributed by atoms with Crippen molar-refractivity contribution in [1.29, 1.82) is 0 Å². The fourth-order valence-electron chi connectivity index (χ4n) is 2.86. The maximum atomic E-state index is 11.8. The van der Waals surface area contributed by atoms with Crippen LogP contribution >= 0.6 is 0 Å². The van der Waals surface area contributed by atoms with Gasteiger partial charge in [0.25, 0.3) is 5.91 Å². The third-order valence-corrected chi connectivity index (χ3v) is 4.31. The van der Waals surface area contributed by atoms with Gasteiger partial charge in [-0.1, -0.05) is 13.8 Å². The molecule has 0 spiro atoms. The number of hydrogen-bond donors (Lipinski definition) is 4. The van der Waals surface area contributed by atoms with Gasteiger partial charge in [-0.2, -0.15) is 10.1 Å². The highest BCUT2D eigenvalue weighted by molar-refractivity contribution is 5.98. The van der Waals surface area contributed by atoms with Gasteiger partial charge in [0.1, 0.15) is 17.4 Å². The fraction of sp³-hybridized carbons (Fsp3) is 0.250. The molecule has 6 N–H and O–H groups in total. The lowest BCUT2D eigenvalue weighted by Crippen LogP contribution is -2.37. The van der Waals surface area contributed by atoms with E-state index >= 15 is 0 Å². The number of nitrogens with one attached hydrogen (secondary N) is 2. The highest BCUT2D eigenvalue weighted by Gasteiger charge is 2.19. The molecule has 0 aliphatic rings. The molecular formula is C20H24N8O2. The zero-order valence-electron chi connectivity index (χ0n) is 16.7. The van der Waals surface area contributed by atoms with Crippen LogP contribution in [0.5, 0.6) is 0 Å². The summed E-state index contributed by atoms with van der Waals surface area (Å²) in [6, 6.07) is 8.57. The molecule has 0 fully saturated rings. The number of hydrogen-bond acceptors (Lipinski definition) is 7. The van der Waals surface area contributed by atoms with Crippen LogP contribution in [0.4, 0.5) is 17.5 Å². The maximum absolute atomic E-state index is 11.8. The van der Waals surface area contributed by atoms with E-state index in [2.05, 4.69) is 25.7 Å². The highest BCUT2D eigenvalue weighted by atomic mass is 16.1. The summed E-state index contributed by atoms with van der Waals surface area (Å²) in [6.07, 6.45) is 5.36. The summed E-state index contributed by atoms with van der Waals surface area (Å²) < 4.78 is 1.73. The van der Waals surface area contributed by atoms with E-state index in [0.29, 0.717) is 12.1 Å². The van der Waals surface area contributed by atoms with Gasteiger partial charge < -0.3 is 22.1 Å². The number of benzene rings is 1. The van der Waals surface area contributed by atoms with Crippen molar-refractivity contribution in [3.63, 3.8) is 0 Å². The molecule has 3 rings (SSSR count). The molecule has 2 heterocycles.